The molecule has 0 aliphatic rings. The van der Waals surface area contributed by atoms with Gasteiger partial charge in [0.15, 0.2) is 0 Å². The van der Waals surface area contributed by atoms with E-state index in [9.17, 15) is 0 Å². The van der Waals surface area contributed by atoms with Gasteiger partial charge in [-0.05, 0) is 28.8 Å². The highest BCUT2D eigenvalue weighted by molar-refractivity contribution is 7.07. The summed E-state index contributed by atoms with van der Waals surface area (Å²) < 4.78 is 0. The second-order valence-corrected chi connectivity index (χ2v) is 2.27. The van der Waals surface area contributed by atoms with Gasteiger partial charge in [0.1, 0.15) is 0 Å². The predicted octanol–water partition coefficient (Wildman–Crippen LogP) is 3.34. The van der Waals surface area contributed by atoms with Crippen molar-refractivity contribution in [1.82, 2.24) is 0 Å². The fourth-order valence-electron chi connectivity index (χ4n) is 0.494. The molecule has 0 amide bonds. The average molecular weight is 142 g/mol. The van der Waals surface area contributed by atoms with Crippen molar-refractivity contribution in [2.24, 2.45) is 0 Å². The van der Waals surface area contributed by atoms with Crippen molar-refractivity contribution in [2.75, 3.05) is 0 Å². The Labute approximate surface area is 61.5 Å². The Morgan fingerprint density at radius 3 is 2.33 bits per heavy atom. The number of hydrogen-bond donors (Lipinski definition) is 0. The Balaban J connectivity index is 0.000000291. The van der Waals surface area contributed by atoms with Crippen molar-refractivity contribution in [3.05, 3.63) is 22.4 Å². The maximum absolute atomic E-state index is 2.18. The van der Waals surface area contributed by atoms with Crippen molar-refractivity contribution < 1.29 is 0 Å². The first-order valence-corrected chi connectivity index (χ1v) is 4.39. The average Bonchev–Trinajstić information content (AvgIpc) is 2.43. The quantitative estimate of drug-likeness (QED) is 0.564. The zero-order valence-electron chi connectivity index (χ0n) is 6.35. The van der Waals surface area contributed by atoms with Gasteiger partial charge in [-0.15, -0.1) is 0 Å². The highest BCUT2D eigenvalue weighted by atomic mass is 32.1. The first-order valence-electron chi connectivity index (χ1n) is 3.44. The lowest BCUT2D eigenvalue weighted by Gasteiger charge is -1.78. The molecule has 0 unspecified atom stereocenters. The summed E-state index contributed by atoms with van der Waals surface area (Å²) in [6.07, 6.45) is 1.17. The van der Waals surface area contributed by atoms with Crippen LogP contribution in [0, 0.1) is 0 Å². The van der Waals surface area contributed by atoms with Gasteiger partial charge in [-0.25, -0.2) is 0 Å². The van der Waals surface area contributed by atoms with Crippen LogP contribution in [0.2, 0.25) is 0 Å². The van der Waals surface area contributed by atoms with E-state index in [0.717, 1.165) is 0 Å². The molecule has 0 saturated heterocycles. The van der Waals surface area contributed by atoms with Gasteiger partial charge in [-0.3, -0.25) is 0 Å². The highest BCUT2D eigenvalue weighted by Gasteiger charge is 1.82. The number of aryl methyl sites for hydroxylation is 1. The first kappa shape index (κ1) is 8.70. The minimum absolute atomic E-state index is 1.17. The molecule has 0 nitrogen and oxygen atoms in total. The summed E-state index contributed by atoms with van der Waals surface area (Å²) in [7, 11) is 0. The molecule has 1 rings (SSSR count). The molecular formula is C8H14S. The molecule has 0 aliphatic heterocycles. The number of rotatable bonds is 1. The maximum atomic E-state index is 2.18. The molecule has 0 bridgehead atoms. The lowest BCUT2D eigenvalue weighted by atomic mass is 10.3. The zero-order chi connectivity index (χ0) is 7.11. The van der Waals surface area contributed by atoms with Crippen LogP contribution < -0.4 is 0 Å². The molecule has 0 aromatic carbocycles. The lowest BCUT2D eigenvalue weighted by molar-refractivity contribution is 1.16. The summed E-state index contributed by atoms with van der Waals surface area (Å²) in [5.74, 6) is 0. The third-order valence-electron chi connectivity index (χ3n) is 0.988. The van der Waals surface area contributed by atoms with Crippen molar-refractivity contribution in [3.8, 4) is 0 Å². The smallest absolute Gasteiger partial charge is 0.00614 e. The Hall–Kier alpha value is -0.300. The Morgan fingerprint density at radius 1 is 1.44 bits per heavy atom. The molecule has 52 valence electrons. The van der Waals surface area contributed by atoms with Crippen LogP contribution in [0.15, 0.2) is 16.8 Å². The molecule has 1 aromatic heterocycles. The molecule has 0 aliphatic carbocycles. The van der Waals surface area contributed by atoms with Crippen LogP contribution in [0.3, 0.4) is 0 Å². The van der Waals surface area contributed by atoms with E-state index in [1.54, 1.807) is 11.3 Å². The van der Waals surface area contributed by atoms with E-state index >= 15 is 0 Å². The maximum Gasteiger partial charge on any atom is -0.00614 e. The van der Waals surface area contributed by atoms with Crippen molar-refractivity contribution >= 4 is 11.3 Å². The van der Waals surface area contributed by atoms with Crippen LogP contribution in [-0.2, 0) is 6.42 Å². The molecule has 0 spiro atoms. The van der Waals surface area contributed by atoms with E-state index in [4.69, 9.17) is 0 Å². The fourth-order valence-corrected chi connectivity index (χ4v) is 1.25. The summed E-state index contributed by atoms with van der Waals surface area (Å²) >= 11 is 1.76. The number of hydrogen-bond acceptors (Lipinski definition) is 1. The van der Waals surface area contributed by atoms with E-state index < -0.39 is 0 Å². The third kappa shape index (κ3) is 3.31. The van der Waals surface area contributed by atoms with Crippen LogP contribution in [0.5, 0.6) is 0 Å². The van der Waals surface area contributed by atoms with Crippen LogP contribution >= 0.6 is 11.3 Å². The summed E-state index contributed by atoms with van der Waals surface area (Å²) in [6, 6.07) is 2.16. The topological polar surface area (TPSA) is 0 Å². The van der Waals surface area contributed by atoms with E-state index in [1.807, 2.05) is 13.8 Å². The normalized spacial score (nSPS) is 7.89. The SMILES string of the molecule is CC.CCc1ccsc1. The Morgan fingerprint density at radius 2 is 2.11 bits per heavy atom. The van der Waals surface area contributed by atoms with Crippen molar-refractivity contribution in [1.29, 1.82) is 0 Å². The van der Waals surface area contributed by atoms with E-state index in [2.05, 4.69) is 23.8 Å². The van der Waals surface area contributed by atoms with E-state index in [1.165, 1.54) is 12.0 Å². The van der Waals surface area contributed by atoms with Gasteiger partial charge in [0, 0.05) is 0 Å². The Kier molecular flexibility index (Phi) is 5.64. The monoisotopic (exact) mass is 142 g/mol. The summed E-state index contributed by atoms with van der Waals surface area (Å²) in [5.41, 5.74) is 1.45. The largest absolute Gasteiger partial charge is 0.152 e. The first-order chi connectivity index (χ1) is 4.43. The molecule has 1 aromatic rings. The highest BCUT2D eigenvalue weighted by Crippen LogP contribution is 2.04. The summed E-state index contributed by atoms with van der Waals surface area (Å²) in [4.78, 5) is 0. The van der Waals surface area contributed by atoms with Crippen LogP contribution in [0.25, 0.3) is 0 Å². The molecule has 0 atom stereocenters. The van der Waals surface area contributed by atoms with Gasteiger partial charge in [0.2, 0.25) is 0 Å². The second kappa shape index (κ2) is 5.83. The molecule has 0 fully saturated rings. The molecular weight excluding hydrogens is 128 g/mol. The van der Waals surface area contributed by atoms with Gasteiger partial charge in [-0.1, -0.05) is 20.8 Å². The molecule has 9 heavy (non-hydrogen) atoms. The zero-order valence-corrected chi connectivity index (χ0v) is 7.16. The number of thiophene rings is 1. The van der Waals surface area contributed by atoms with Gasteiger partial charge in [0.25, 0.3) is 0 Å². The van der Waals surface area contributed by atoms with Gasteiger partial charge < -0.3 is 0 Å². The van der Waals surface area contributed by atoms with Crippen LogP contribution in [0.4, 0.5) is 0 Å². The van der Waals surface area contributed by atoms with E-state index in [-0.39, 0.29) is 0 Å². The molecule has 1 heteroatoms. The minimum atomic E-state index is 1.17. The van der Waals surface area contributed by atoms with E-state index in [0.29, 0.717) is 0 Å². The van der Waals surface area contributed by atoms with Crippen LogP contribution in [0.1, 0.15) is 26.3 Å². The second-order valence-electron chi connectivity index (χ2n) is 1.49. The molecule has 1 heterocycles. The molecule has 0 saturated carbocycles. The Bertz CT molecular complexity index is 119. The van der Waals surface area contributed by atoms with Gasteiger partial charge in [0.05, 0.1) is 0 Å². The van der Waals surface area contributed by atoms with Crippen LogP contribution in [-0.4, -0.2) is 0 Å². The summed E-state index contributed by atoms with van der Waals surface area (Å²) in [6.45, 7) is 6.17. The minimum Gasteiger partial charge on any atom is -0.152 e. The lowest BCUT2D eigenvalue weighted by Crippen LogP contribution is -1.66. The summed E-state index contributed by atoms with van der Waals surface area (Å²) in [5, 5.41) is 4.29. The van der Waals surface area contributed by atoms with Crippen molar-refractivity contribution in [3.63, 3.8) is 0 Å². The predicted molar refractivity (Wildman–Crippen MR) is 45.0 cm³/mol. The molecule has 0 radical (unpaired) electrons. The van der Waals surface area contributed by atoms with Gasteiger partial charge in [-0.2, -0.15) is 11.3 Å². The molecule has 0 N–H and O–H groups in total. The third-order valence-corrected chi connectivity index (χ3v) is 1.72. The standard InChI is InChI=1S/C6H8S.C2H6/c1-2-6-3-4-7-5-6;1-2/h3-5H,2H2,1H3;1-2H3. The van der Waals surface area contributed by atoms with Crippen molar-refractivity contribution in [2.45, 2.75) is 27.2 Å². The fraction of sp³-hybridized carbons (Fsp3) is 0.500. The van der Waals surface area contributed by atoms with Gasteiger partial charge >= 0.3 is 0 Å².